The van der Waals surface area contributed by atoms with Crippen molar-refractivity contribution in [2.24, 2.45) is 5.92 Å². The molecule has 0 aliphatic rings. The Morgan fingerprint density at radius 3 is 1.97 bits per heavy atom. The van der Waals surface area contributed by atoms with Crippen LogP contribution in [0.3, 0.4) is 0 Å². The van der Waals surface area contributed by atoms with Crippen LogP contribution in [0.4, 0.5) is 0 Å². The van der Waals surface area contributed by atoms with Crippen molar-refractivity contribution in [1.29, 1.82) is 0 Å². The first-order chi connectivity index (χ1) is 14.6. The molecule has 0 amide bonds. The Morgan fingerprint density at radius 2 is 1.42 bits per heavy atom. The Bertz CT molecular complexity index is 907. The summed E-state index contributed by atoms with van der Waals surface area (Å²) in [5, 5.41) is 0. The van der Waals surface area contributed by atoms with Crippen LogP contribution in [0.25, 0.3) is 0 Å². The number of hydrogen-bond acceptors (Lipinski definition) is 5. The molecule has 5 heteroatoms. The van der Waals surface area contributed by atoms with Gasteiger partial charge in [-0.25, -0.2) is 9.59 Å². The van der Waals surface area contributed by atoms with Gasteiger partial charge >= 0.3 is 11.9 Å². The van der Waals surface area contributed by atoms with Gasteiger partial charge in [0.1, 0.15) is 12.2 Å². The molecule has 5 nitrogen and oxygen atoms in total. The molecule has 0 saturated heterocycles. The first kappa shape index (κ1) is 24.3. The van der Waals surface area contributed by atoms with Gasteiger partial charge in [0.15, 0.2) is 0 Å². The van der Waals surface area contributed by atoms with Crippen molar-refractivity contribution in [2.75, 3.05) is 0 Å². The second kappa shape index (κ2) is 10.9. The molecule has 2 rings (SSSR count). The van der Waals surface area contributed by atoms with E-state index in [1.165, 1.54) is 0 Å². The lowest BCUT2D eigenvalue weighted by molar-refractivity contribution is -0.145. The summed E-state index contributed by atoms with van der Waals surface area (Å²) in [6.45, 7) is 11.4. The molecule has 0 radical (unpaired) electrons. The van der Waals surface area contributed by atoms with E-state index in [0.717, 1.165) is 16.7 Å². The van der Waals surface area contributed by atoms with E-state index in [9.17, 15) is 14.4 Å². The minimum atomic E-state index is -0.873. The molecule has 0 bridgehead atoms. The lowest BCUT2D eigenvalue weighted by Gasteiger charge is -2.23. The molecule has 0 saturated carbocycles. The first-order valence-corrected chi connectivity index (χ1v) is 10.7. The highest BCUT2D eigenvalue weighted by atomic mass is 16.6. The van der Waals surface area contributed by atoms with Crippen LogP contribution in [0.15, 0.2) is 42.5 Å². The molecule has 0 spiro atoms. The fraction of sp³-hybridized carbons (Fsp3) is 0.423. The van der Waals surface area contributed by atoms with Crippen molar-refractivity contribution in [2.45, 2.75) is 66.6 Å². The summed E-state index contributed by atoms with van der Waals surface area (Å²) in [6.07, 6.45) is -0.108. The Labute approximate surface area is 184 Å². The fourth-order valence-corrected chi connectivity index (χ4v) is 3.81. The number of ether oxygens (including phenoxy) is 2. The van der Waals surface area contributed by atoms with Gasteiger partial charge in [-0.2, -0.15) is 0 Å². The van der Waals surface area contributed by atoms with Crippen LogP contribution < -0.4 is 0 Å². The predicted molar refractivity (Wildman–Crippen MR) is 120 cm³/mol. The Morgan fingerprint density at radius 1 is 0.839 bits per heavy atom. The van der Waals surface area contributed by atoms with E-state index < -0.39 is 29.9 Å². The van der Waals surface area contributed by atoms with Crippen molar-refractivity contribution >= 4 is 17.7 Å². The van der Waals surface area contributed by atoms with Crippen molar-refractivity contribution in [1.82, 2.24) is 0 Å². The third-order valence-corrected chi connectivity index (χ3v) is 5.01. The minimum absolute atomic E-state index is 0.243. The number of esters is 2. The number of Topliss-reactive ketones (excluding diaryl/α,β-unsaturated/α-hetero) is 1. The minimum Gasteiger partial charge on any atom is -0.459 e. The molecule has 166 valence electrons. The van der Waals surface area contributed by atoms with Gasteiger partial charge in [-0.3, -0.25) is 4.79 Å². The molecular formula is C26H32O5. The van der Waals surface area contributed by atoms with E-state index in [1.54, 1.807) is 31.2 Å². The summed E-state index contributed by atoms with van der Waals surface area (Å²) >= 11 is 0. The van der Waals surface area contributed by atoms with Crippen molar-refractivity contribution in [3.8, 4) is 0 Å². The van der Waals surface area contributed by atoms with Crippen LogP contribution >= 0.6 is 0 Å². The van der Waals surface area contributed by atoms with Gasteiger partial charge in [0.25, 0.3) is 5.78 Å². The summed E-state index contributed by atoms with van der Waals surface area (Å²) in [5.41, 5.74) is 3.40. The van der Waals surface area contributed by atoms with Crippen molar-refractivity contribution < 1.29 is 23.9 Å². The molecule has 31 heavy (non-hydrogen) atoms. The maximum atomic E-state index is 12.8. The van der Waals surface area contributed by atoms with Crippen molar-refractivity contribution in [3.05, 3.63) is 70.3 Å². The molecule has 0 aliphatic carbocycles. The predicted octanol–water partition coefficient (Wildman–Crippen LogP) is 5.39. The van der Waals surface area contributed by atoms with E-state index >= 15 is 0 Å². The highest BCUT2D eigenvalue weighted by Gasteiger charge is 2.27. The number of benzene rings is 2. The molecule has 0 fully saturated rings. The maximum Gasteiger partial charge on any atom is 0.379 e. The van der Waals surface area contributed by atoms with Crippen LogP contribution in [-0.4, -0.2) is 29.9 Å². The van der Waals surface area contributed by atoms with Crippen LogP contribution in [0.1, 0.15) is 71.0 Å². The van der Waals surface area contributed by atoms with Crippen LogP contribution in [0, 0.1) is 26.7 Å². The normalized spacial score (nSPS) is 12.9. The van der Waals surface area contributed by atoms with Gasteiger partial charge in [-0.15, -0.1) is 0 Å². The van der Waals surface area contributed by atoms with Crippen LogP contribution in [0.5, 0.6) is 0 Å². The monoisotopic (exact) mass is 424 g/mol. The summed E-state index contributed by atoms with van der Waals surface area (Å²) in [7, 11) is 0. The number of carbonyl (C=O) groups is 3. The molecule has 0 aliphatic heterocycles. The Balaban J connectivity index is 2.07. The summed E-state index contributed by atoms with van der Waals surface area (Å²) in [5.74, 6) is -1.70. The standard InChI is InChI=1S/C26H32O5/c1-16(2)12-22(15-20(6)30-25(28)21-10-8-7-9-11-21)31-26(29)24(27)23-18(4)13-17(3)14-19(23)5/h7-11,13-14,16,20,22H,12,15H2,1-6H3. The number of aryl methyl sites for hydroxylation is 3. The number of carbonyl (C=O) groups excluding carboxylic acids is 3. The first-order valence-electron chi connectivity index (χ1n) is 10.7. The molecule has 2 aromatic rings. The van der Waals surface area contributed by atoms with Gasteiger partial charge in [-0.05, 0) is 63.3 Å². The molecule has 0 aromatic heterocycles. The highest BCUT2D eigenvalue weighted by molar-refractivity contribution is 6.41. The zero-order chi connectivity index (χ0) is 23.1. The van der Waals surface area contributed by atoms with Gasteiger partial charge in [0, 0.05) is 12.0 Å². The summed E-state index contributed by atoms with van der Waals surface area (Å²) < 4.78 is 11.1. The smallest absolute Gasteiger partial charge is 0.379 e. The van der Waals surface area contributed by atoms with Crippen LogP contribution in [0.2, 0.25) is 0 Å². The van der Waals surface area contributed by atoms with Gasteiger partial charge in [0.2, 0.25) is 0 Å². The fourth-order valence-electron chi connectivity index (χ4n) is 3.81. The van der Waals surface area contributed by atoms with Gasteiger partial charge in [-0.1, -0.05) is 49.7 Å². The van der Waals surface area contributed by atoms with E-state index in [1.807, 2.05) is 52.8 Å². The highest BCUT2D eigenvalue weighted by Crippen LogP contribution is 2.21. The molecule has 2 atom stereocenters. The molecule has 2 aromatic carbocycles. The number of hydrogen-bond donors (Lipinski definition) is 0. The zero-order valence-electron chi connectivity index (χ0n) is 19.2. The van der Waals surface area contributed by atoms with E-state index in [2.05, 4.69) is 0 Å². The quantitative estimate of drug-likeness (QED) is 0.307. The lowest BCUT2D eigenvalue weighted by Crippen LogP contribution is -2.30. The third kappa shape index (κ3) is 7.06. The topological polar surface area (TPSA) is 69.7 Å². The van der Waals surface area contributed by atoms with Gasteiger partial charge < -0.3 is 9.47 Å². The number of rotatable bonds is 9. The average molecular weight is 425 g/mol. The summed E-state index contributed by atoms with van der Waals surface area (Å²) in [6, 6.07) is 12.5. The van der Waals surface area contributed by atoms with E-state index in [4.69, 9.17) is 9.47 Å². The lowest BCUT2D eigenvalue weighted by atomic mass is 9.96. The van der Waals surface area contributed by atoms with Crippen LogP contribution in [-0.2, 0) is 14.3 Å². The molecule has 0 N–H and O–H groups in total. The summed E-state index contributed by atoms with van der Waals surface area (Å²) in [4.78, 5) is 37.8. The molecular weight excluding hydrogens is 392 g/mol. The molecule has 0 heterocycles. The van der Waals surface area contributed by atoms with Gasteiger partial charge in [0.05, 0.1) is 5.56 Å². The van der Waals surface area contributed by atoms with E-state index in [0.29, 0.717) is 24.0 Å². The zero-order valence-corrected chi connectivity index (χ0v) is 19.2. The SMILES string of the molecule is Cc1cc(C)c(C(=O)C(=O)OC(CC(C)C)CC(C)OC(=O)c2ccccc2)c(C)c1. The second-order valence-corrected chi connectivity index (χ2v) is 8.58. The Kier molecular flexibility index (Phi) is 8.55. The Hall–Kier alpha value is -2.95. The van der Waals surface area contributed by atoms with E-state index in [-0.39, 0.29) is 5.92 Å². The average Bonchev–Trinajstić information content (AvgIpc) is 2.67. The second-order valence-electron chi connectivity index (χ2n) is 8.58. The van der Waals surface area contributed by atoms with Crippen molar-refractivity contribution in [3.63, 3.8) is 0 Å². The largest absolute Gasteiger partial charge is 0.459 e. The number of ketones is 1. The third-order valence-electron chi connectivity index (χ3n) is 5.01. The maximum absolute atomic E-state index is 12.8. The molecule has 2 unspecified atom stereocenters.